The second kappa shape index (κ2) is 6.89. The predicted octanol–water partition coefficient (Wildman–Crippen LogP) is 3.47. The molecule has 1 aliphatic heterocycles. The van der Waals surface area contributed by atoms with Crippen LogP contribution in [0.25, 0.3) is 0 Å². The summed E-state index contributed by atoms with van der Waals surface area (Å²) in [5.41, 5.74) is 4.37. The number of nitrogens with zero attached hydrogens (tertiary/aromatic N) is 1. The molecule has 25 heavy (non-hydrogen) atoms. The van der Waals surface area contributed by atoms with Crippen LogP contribution < -0.4 is 10.6 Å². The number of amides is 1. The Morgan fingerprint density at radius 2 is 1.68 bits per heavy atom. The van der Waals surface area contributed by atoms with Gasteiger partial charge in [-0.2, -0.15) is 0 Å². The summed E-state index contributed by atoms with van der Waals surface area (Å²) >= 11 is 0. The molecule has 0 saturated carbocycles. The maximum Gasteiger partial charge on any atom is 0.232 e. The fraction of sp³-hybridized carbons (Fsp3) is 0.381. The summed E-state index contributed by atoms with van der Waals surface area (Å²) in [6.45, 7) is 2.23. The van der Waals surface area contributed by atoms with Crippen molar-refractivity contribution in [2.75, 3.05) is 30.8 Å². The first-order chi connectivity index (χ1) is 12.2. The lowest BCUT2D eigenvalue weighted by Crippen LogP contribution is -2.37. The molecule has 2 aliphatic rings. The summed E-state index contributed by atoms with van der Waals surface area (Å²) in [5.74, 6) is 0.0731. The third-order valence-corrected chi connectivity index (χ3v) is 5.43. The molecule has 4 nitrogen and oxygen atoms in total. The predicted molar refractivity (Wildman–Crippen MR) is 102 cm³/mol. The Labute approximate surface area is 149 Å². The van der Waals surface area contributed by atoms with Crippen LogP contribution >= 0.6 is 0 Å². The number of hydrogen-bond donors (Lipinski definition) is 2. The molecule has 0 aromatic heterocycles. The molecule has 1 aliphatic carbocycles. The van der Waals surface area contributed by atoms with Crippen LogP contribution in [0.3, 0.4) is 0 Å². The number of nitrogens with one attached hydrogen (secondary N) is 2. The third kappa shape index (κ3) is 3.40. The van der Waals surface area contributed by atoms with Crippen molar-refractivity contribution in [2.24, 2.45) is 0 Å². The molecule has 0 radical (unpaired) electrons. The van der Waals surface area contributed by atoms with E-state index in [0.717, 1.165) is 43.7 Å². The topological polar surface area (TPSA) is 44.4 Å². The van der Waals surface area contributed by atoms with Gasteiger partial charge < -0.3 is 15.5 Å². The lowest BCUT2D eigenvalue weighted by molar-refractivity contribution is -0.118. The lowest BCUT2D eigenvalue weighted by Gasteiger charge is -2.31. The van der Waals surface area contributed by atoms with E-state index < -0.39 is 0 Å². The molecule has 1 fully saturated rings. The van der Waals surface area contributed by atoms with Crippen LogP contribution in [0.5, 0.6) is 0 Å². The SMILES string of the molecule is CN1CCC(Nc2ccccc2NC(=O)C2Cc3ccccc32)CC1. The molecule has 2 aromatic carbocycles. The number of rotatable bonds is 4. The van der Waals surface area contributed by atoms with Gasteiger partial charge in [0.05, 0.1) is 17.3 Å². The smallest absolute Gasteiger partial charge is 0.232 e. The molecule has 4 rings (SSSR count). The second-order valence-corrected chi connectivity index (χ2v) is 7.21. The molecule has 0 spiro atoms. The number of carbonyl (C=O) groups is 1. The van der Waals surface area contributed by atoms with Crippen LogP contribution in [0, 0.1) is 0 Å². The fourth-order valence-electron chi connectivity index (χ4n) is 3.80. The molecule has 2 aromatic rings. The van der Waals surface area contributed by atoms with Crippen molar-refractivity contribution in [1.29, 1.82) is 0 Å². The standard InChI is InChI=1S/C21H25N3O/c1-24-12-10-16(11-13-24)22-19-8-4-5-9-20(19)23-21(25)18-14-15-6-2-3-7-17(15)18/h2-9,16,18,22H,10-14H2,1H3,(H,23,25). The summed E-state index contributed by atoms with van der Waals surface area (Å²) in [5, 5.41) is 6.77. The molecule has 1 saturated heterocycles. The zero-order valence-corrected chi connectivity index (χ0v) is 14.7. The molecule has 1 heterocycles. The zero-order valence-electron chi connectivity index (χ0n) is 14.7. The van der Waals surface area contributed by atoms with E-state index in [9.17, 15) is 4.79 Å². The van der Waals surface area contributed by atoms with Gasteiger partial charge in [-0.25, -0.2) is 0 Å². The summed E-state index contributed by atoms with van der Waals surface area (Å²) < 4.78 is 0. The van der Waals surface area contributed by atoms with E-state index in [4.69, 9.17) is 0 Å². The van der Waals surface area contributed by atoms with E-state index in [2.05, 4.69) is 40.8 Å². The quantitative estimate of drug-likeness (QED) is 0.899. The number of para-hydroxylation sites is 2. The normalized spacial score (nSPS) is 20.4. The maximum absolute atomic E-state index is 12.7. The van der Waals surface area contributed by atoms with Gasteiger partial charge in [0.15, 0.2) is 0 Å². The fourth-order valence-corrected chi connectivity index (χ4v) is 3.80. The number of anilines is 2. The van der Waals surface area contributed by atoms with E-state index in [0.29, 0.717) is 6.04 Å². The van der Waals surface area contributed by atoms with Crippen molar-refractivity contribution in [3.63, 3.8) is 0 Å². The molecule has 1 amide bonds. The minimum Gasteiger partial charge on any atom is -0.381 e. The number of benzene rings is 2. The second-order valence-electron chi connectivity index (χ2n) is 7.21. The van der Waals surface area contributed by atoms with Gasteiger partial charge in [-0.3, -0.25) is 4.79 Å². The van der Waals surface area contributed by atoms with Gasteiger partial charge in [-0.05, 0) is 62.7 Å². The molecule has 1 atom stereocenters. The molecule has 1 unspecified atom stereocenters. The number of fused-ring (bicyclic) bond motifs is 1. The molecule has 0 bridgehead atoms. The Hall–Kier alpha value is -2.33. The Bertz CT molecular complexity index is 765. The minimum atomic E-state index is -0.0208. The van der Waals surface area contributed by atoms with Crippen LogP contribution in [0.2, 0.25) is 0 Å². The molecular weight excluding hydrogens is 310 g/mol. The van der Waals surface area contributed by atoms with Crippen molar-refractivity contribution in [3.05, 3.63) is 59.7 Å². The average Bonchev–Trinajstić information content (AvgIpc) is 2.60. The van der Waals surface area contributed by atoms with Crippen molar-refractivity contribution < 1.29 is 4.79 Å². The monoisotopic (exact) mass is 335 g/mol. The molecule has 130 valence electrons. The summed E-state index contributed by atoms with van der Waals surface area (Å²) in [6.07, 6.45) is 3.11. The van der Waals surface area contributed by atoms with E-state index in [1.165, 1.54) is 11.1 Å². The highest BCUT2D eigenvalue weighted by Crippen LogP contribution is 2.36. The van der Waals surface area contributed by atoms with Gasteiger partial charge in [-0.1, -0.05) is 36.4 Å². The zero-order chi connectivity index (χ0) is 17.2. The third-order valence-electron chi connectivity index (χ3n) is 5.43. The van der Waals surface area contributed by atoms with Crippen LogP contribution in [0.15, 0.2) is 48.5 Å². The number of hydrogen-bond acceptors (Lipinski definition) is 3. The Balaban J connectivity index is 1.44. The maximum atomic E-state index is 12.7. The highest BCUT2D eigenvalue weighted by molar-refractivity contribution is 6.00. The number of likely N-dealkylation sites (tertiary alicyclic amines) is 1. The highest BCUT2D eigenvalue weighted by Gasteiger charge is 2.32. The Morgan fingerprint density at radius 1 is 1.00 bits per heavy atom. The number of carbonyl (C=O) groups excluding carboxylic acids is 1. The van der Waals surface area contributed by atoms with Gasteiger partial charge in [0, 0.05) is 6.04 Å². The van der Waals surface area contributed by atoms with E-state index in [-0.39, 0.29) is 11.8 Å². The Morgan fingerprint density at radius 3 is 2.44 bits per heavy atom. The molecule has 2 N–H and O–H groups in total. The van der Waals surface area contributed by atoms with Gasteiger partial charge in [0.25, 0.3) is 0 Å². The van der Waals surface area contributed by atoms with E-state index >= 15 is 0 Å². The summed E-state index contributed by atoms with van der Waals surface area (Å²) in [6, 6.07) is 16.7. The van der Waals surface area contributed by atoms with Crippen molar-refractivity contribution in [2.45, 2.75) is 31.2 Å². The van der Waals surface area contributed by atoms with Gasteiger partial charge in [0.2, 0.25) is 5.91 Å². The highest BCUT2D eigenvalue weighted by atomic mass is 16.1. The van der Waals surface area contributed by atoms with Crippen LogP contribution in [-0.4, -0.2) is 37.0 Å². The summed E-state index contributed by atoms with van der Waals surface area (Å²) in [7, 11) is 2.17. The Kier molecular flexibility index (Phi) is 4.45. The van der Waals surface area contributed by atoms with E-state index in [1.54, 1.807) is 0 Å². The van der Waals surface area contributed by atoms with Crippen molar-refractivity contribution >= 4 is 17.3 Å². The minimum absolute atomic E-state index is 0.0208. The molecular formula is C21H25N3O. The van der Waals surface area contributed by atoms with Crippen LogP contribution in [0.4, 0.5) is 11.4 Å². The van der Waals surface area contributed by atoms with Crippen molar-refractivity contribution in [3.8, 4) is 0 Å². The van der Waals surface area contributed by atoms with E-state index in [1.807, 2.05) is 30.3 Å². The average molecular weight is 335 g/mol. The molecule has 4 heteroatoms. The van der Waals surface area contributed by atoms with Gasteiger partial charge in [0.1, 0.15) is 0 Å². The van der Waals surface area contributed by atoms with Gasteiger partial charge in [-0.15, -0.1) is 0 Å². The first kappa shape index (κ1) is 16.2. The van der Waals surface area contributed by atoms with Crippen LogP contribution in [-0.2, 0) is 11.2 Å². The summed E-state index contributed by atoms with van der Waals surface area (Å²) in [4.78, 5) is 15.1. The number of piperidine rings is 1. The van der Waals surface area contributed by atoms with Gasteiger partial charge >= 0.3 is 0 Å². The first-order valence-corrected chi connectivity index (χ1v) is 9.13. The van der Waals surface area contributed by atoms with Crippen molar-refractivity contribution in [1.82, 2.24) is 4.90 Å². The lowest BCUT2D eigenvalue weighted by atomic mass is 9.77. The largest absolute Gasteiger partial charge is 0.381 e. The van der Waals surface area contributed by atoms with Crippen LogP contribution in [0.1, 0.15) is 29.9 Å². The first-order valence-electron chi connectivity index (χ1n) is 9.13.